The average molecular weight is 423 g/mol. The molecule has 0 fully saturated rings. The van der Waals surface area contributed by atoms with Gasteiger partial charge in [-0.2, -0.15) is 24.9 Å². The highest BCUT2D eigenvalue weighted by Gasteiger charge is 2.30. The van der Waals surface area contributed by atoms with Gasteiger partial charge in [-0.3, -0.25) is 4.79 Å². The molecule has 0 unspecified atom stereocenters. The van der Waals surface area contributed by atoms with E-state index in [1.165, 1.54) is 12.1 Å². The molecule has 3 aromatic rings. The molecule has 2 N–H and O–H groups in total. The summed E-state index contributed by atoms with van der Waals surface area (Å²) < 4.78 is 43.6. The summed E-state index contributed by atoms with van der Waals surface area (Å²) in [5.74, 6) is 0.984. The van der Waals surface area contributed by atoms with Gasteiger partial charge in [0.1, 0.15) is 11.6 Å². The van der Waals surface area contributed by atoms with E-state index in [2.05, 4.69) is 15.3 Å². The maximum atomic E-state index is 12.8. The molecule has 0 saturated carbocycles. The quantitative estimate of drug-likeness (QED) is 0.557. The Kier molecular flexibility index (Phi) is 6.68. The normalized spacial score (nSPS) is 12.7. The first kappa shape index (κ1) is 21.0. The zero-order chi connectivity index (χ0) is 20.9. The Morgan fingerprint density at radius 3 is 2.76 bits per heavy atom. The van der Waals surface area contributed by atoms with Crippen molar-refractivity contribution in [2.45, 2.75) is 18.6 Å². The molecule has 1 heterocycles. The molecule has 0 spiro atoms. The van der Waals surface area contributed by atoms with Crippen molar-refractivity contribution in [3.05, 3.63) is 59.9 Å². The van der Waals surface area contributed by atoms with Gasteiger partial charge in [-0.25, -0.2) is 4.98 Å². The Bertz CT molecular complexity index is 942. The van der Waals surface area contributed by atoms with Gasteiger partial charge < -0.3 is 15.0 Å². The van der Waals surface area contributed by atoms with Crippen molar-refractivity contribution in [3.63, 3.8) is 0 Å². The number of nitrogens with one attached hydrogen (secondary N) is 2. The minimum atomic E-state index is -4.47. The highest BCUT2D eigenvalue weighted by Crippen LogP contribution is 2.31. The van der Waals surface area contributed by atoms with Gasteiger partial charge in [0, 0.05) is 0 Å². The second-order valence-corrected chi connectivity index (χ2v) is 7.34. The number of rotatable bonds is 8. The van der Waals surface area contributed by atoms with Crippen LogP contribution in [-0.4, -0.2) is 34.5 Å². The summed E-state index contributed by atoms with van der Waals surface area (Å²) in [7, 11) is 0. The predicted octanol–water partition coefficient (Wildman–Crippen LogP) is 4.57. The van der Waals surface area contributed by atoms with Crippen molar-refractivity contribution in [3.8, 4) is 5.75 Å². The van der Waals surface area contributed by atoms with Crippen molar-refractivity contribution in [2.24, 2.45) is 0 Å². The Morgan fingerprint density at radius 2 is 2.03 bits per heavy atom. The molecule has 0 aliphatic carbocycles. The zero-order valence-electron chi connectivity index (χ0n) is 15.6. The Hall–Kier alpha value is -2.68. The maximum Gasteiger partial charge on any atom is 0.416 e. The fourth-order valence-corrected chi connectivity index (χ4v) is 3.27. The van der Waals surface area contributed by atoms with Crippen LogP contribution in [0, 0.1) is 0 Å². The first-order chi connectivity index (χ1) is 13.9. The van der Waals surface area contributed by atoms with Crippen molar-refractivity contribution >= 4 is 28.7 Å². The lowest BCUT2D eigenvalue weighted by Crippen LogP contribution is -2.33. The van der Waals surface area contributed by atoms with Crippen LogP contribution in [0.25, 0.3) is 11.0 Å². The third-order valence-corrected chi connectivity index (χ3v) is 4.86. The van der Waals surface area contributed by atoms with Gasteiger partial charge in [-0.15, -0.1) is 0 Å². The van der Waals surface area contributed by atoms with Crippen LogP contribution < -0.4 is 10.1 Å². The molecule has 2 aromatic carbocycles. The van der Waals surface area contributed by atoms with Crippen molar-refractivity contribution in [1.29, 1.82) is 0 Å². The molecule has 5 nitrogen and oxygen atoms in total. The minimum Gasteiger partial charge on any atom is -0.484 e. The number of para-hydroxylation sites is 2. The summed E-state index contributed by atoms with van der Waals surface area (Å²) in [6.45, 7) is -0.392. The summed E-state index contributed by atoms with van der Waals surface area (Å²) in [5.41, 5.74) is 0.841. The van der Waals surface area contributed by atoms with E-state index >= 15 is 0 Å². The smallest absolute Gasteiger partial charge is 0.416 e. The van der Waals surface area contributed by atoms with Crippen molar-refractivity contribution < 1.29 is 22.7 Å². The van der Waals surface area contributed by atoms with Crippen LogP contribution in [0.4, 0.5) is 13.2 Å². The number of ether oxygens (including phenoxy) is 1. The van der Waals surface area contributed by atoms with E-state index in [0.29, 0.717) is 12.2 Å². The molecular weight excluding hydrogens is 403 g/mol. The number of carbonyl (C=O) groups excluding carboxylic acids is 1. The van der Waals surface area contributed by atoms with Gasteiger partial charge in [0.15, 0.2) is 6.61 Å². The monoisotopic (exact) mass is 423 g/mol. The van der Waals surface area contributed by atoms with E-state index in [0.717, 1.165) is 28.9 Å². The first-order valence-corrected chi connectivity index (χ1v) is 10.3. The third-order valence-electron chi connectivity index (χ3n) is 4.21. The number of amides is 1. The van der Waals surface area contributed by atoms with E-state index in [9.17, 15) is 18.0 Å². The van der Waals surface area contributed by atoms with Gasteiger partial charge in [0.2, 0.25) is 0 Å². The number of carbonyl (C=O) groups is 1. The lowest BCUT2D eigenvalue weighted by Gasteiger charge is -2.17. The van der Waals surface area contributed by atoms with E-state index in [1.54, 1.807) is 11.8 Å². The lowest BCUT2D eigenvalue weighted by atomic mass is 10.2. The van der Waals surface area contributed by atoms with Crippen LogP contribution in [0.15, 0.2) is 48.5 Å². The summed E-state index contributed by atoms with van der Waals surface area (Å²) >= 11 is 1.64. The number of thioether (sulfide) groups is 1. The Labute approximate surface area is 170 Å². The number of aromatic amines is 1. The van der Waals surface area contributed by atoms with E-state index in [1.807, 2.05) is 30.5 Å². The van der Waals surface area contributed by atoms with Crippen molar-refractivity contribution in [1.82, 2.24) is 15.3 Å². The number of nitrogens with zero attached hydrogens (tertiary/aromatic N) is 1. The SMILES string of the molecule is CSCC[C@H](NC(=O)COc1cccc(C(F)(F)F)c1)c1nc2ccccc2[nH]1. The molecule has 9 heteroatoms. The number of H-pyrrole nitrogens is 1. The highest BCUT2D eigenvalue weighted by atomic mass is 32.2. The largest absolute Gasteiger partial charge is 0.484 e. The van der Waals surface area contributed by atoms with Gasteiger partial charge in [-0.05, 0) is 48.8 Å². The predicted molar refractivity (Wildman–Crippen MR) is 107 cm³/mol. The Morgan fingerprint density at radius 1 is 1.24 bits per heavy atom. The molecule has 1 amide bonds. The van der Waals surface area contributed by atoms with Gasteiger partial charge in [0.25, 0.3) is 5.91 Å². The number of aromatic nitrogens is 2. The highest BCUT2D eigenvalue weighted by molar-refractivity contribution is 7.98. The molecule has 0 saturated heterocycles. The van der Waals surface area contributed by atoms with Crippen LogP contribution in [0.1, 0.15) is 23.9 Å². The maximum absolute atomic E-state index is 12.8. The lowest BCUT2D eigenvalue weighted by molar-refractivity contribution is -0.137. The molecule has 0 bridgehead atoms. The molecule has 29 heavy (non-hydrogen) atoms. The minimum absolute atomic E-state index is 0.0145. The summed E-state index contributed by atoms with van der Waals surface area (Å²) in [6.07, 6.45) is -1.85. The van der Waals surface area contributed by atoms with E-state index < -0.39 is 24.3 Å². The second kappa shape index (κ2) is 9.21. The molecule has 1 aromatic heterocycles. The molecule has 1 atom stereocenters. The zero-order valence-corrected chi connectivity index (χ0v) is 16.4. The first-order valence-electron chi connectivity index (χ1n) is 8.90. The fourth-order valence-electron chi connectivity index (χ4n) is 2.80. The summed E-state index contributed by atoms with van der Waals surface area (Å²) in [4.78, 5) is 20.1. The van der Waals surface area contributed by atoms with Crippen LogP contribution in [0.2, 0.25) is 0 Å². The van der Waals surface area contributed by atoms with E-state index in [-0.39, 0.29) is 11.8 Å². The number of fused-ring (bicyclic) bond motifs is 1. The van der Waals surface area contributed by atoms with Crippen LogP contribution in [0.5, 0.6) is 5.75 Å². The number of halogens is 3. The Balaban J connectivity index is 1.66. The fraction of sp³-hybridized carbons (Fsp3) is 0.300. The standard InChI is InChI=1S/C20H20F3N3O2S/c1-29-10-9-17(19-25-15-7-2-3-8-16(15)26-19)24-18(27)12-28-14-6-4-5-13(11-14)20(21,22)23/h2-8,11,17H,9-10,12H2,1H3,(H,24,27)(H,25,26)/t17-/m0/s1. The molecule has 154 valence electrons. The van der Waals surface area contributed by atoms with E-state index in [4.69, 9.17) is 4.74 Å². The second-order valence-electron chi connectivity index (χ2n) is 6.36. The molecule has 3 rings (SSSR count). The number of benzene rings is 2. The molecule has 0 aliphatic heterocycles. The molecule has 0 radical (unpaired) electrons. The summed E-state index contributed by atoms with van der Waals surface area (Å²) in [5, 5.41) is 2.85. The molecular formula is C20H20F3N3O2S. The third kappa shape index (κ3) is 5.66. The van der Waals surface area contributed by atoms with Crippen molar-refractivity contribution in [2.75, 3.05) is 18.6 Å². The number of hydrogen-bond acceptors (Lipinski definition) is 4. The van der Waals surface area contributed by atoms with Crippen LogP contribution in [0.3, 0.4) is 0 Å². The van der Waals surface area contributed by atoms with Gasteiger partial charge >= 0.3 is 6.18 Å². The average Bonchev–Trinajstić information content (AvgIpc) is 3.13. The number of hydrogen-bond donors (Lipinski definition) is 2. The summed E-state index contributed by atoms with van der Waals surface area (Å²) in [6, 6.07) is 11.6. The van der Waals surface area contributed by atoms with Crippen LogP contribution in [-0.2, 0) is 11.0 Å². The number of imidazole rings is 1. The number of alkyl halides is 3. The van der Waals surface area contributed by atoms with Gasteiger partial charge in [-0.1, -0.05) is 18.2 Å². The van der Waals surface area contributed by atoms with Gasteiger partial charge in [0.05, 0.1) is 22.6 Å². The van der Waals surface area contributed by atoms with Crippen LogP contribution >= 0.6 is 11.8 Å². The molecule has 0 aliphatic rings. The topological polar surface area (TPSA) is 67.0 Å².